The van der Waals surface area contributed by atoms with Gasteiger partial charge in [-0.15, -0.1) is 11.8 Å². The number of Topliss-reactive ketones (excluding diaryl/α,β-unsaturated/α-hetero) is 1. The molecule has 0 radical (unpaired) electrons. The Morgan fingerprint density at radius 1 is 1.08 bits per heavy atom. The molecular formula is C24H38OS. The number of aryl methyl sites for hydroxylation is 3. The van der Waals surface area contributed by atoms with Crippen LogP contribution in [-0.4, -0.2) is 11.0 Å². The number of carbonyl (C=O) groups is 1. The van der Waals surface area contributed by atoms with Crippen molar-refractivity contribution in [2.24, 2.45) is 17.3 Å². The van der Waals surface area contributed by atoms with Crippen LogP contribution in [0.3, 0.4) is 0 Å². The van der Waals surface area contributed by atoms with Gasteiger partial charge in [0.2, 0.25) is 0 Å². The predicted octanol–water partition coefficient (Wildman–Crippen LogP) is 7.29. The number of thioether (sulfide) groups is 1. The van der Waals surface area contributed by atoms with Crippen LogP contribution in [-0.2, 0) is 4.79 Å². The molecule has 0 heterocycles. The van der Waals surface area contributed by atoms with Gasteiger partial charge in [-0.05, 0) is 43.7 Å². The molecule has 2 atom stereocenters. The lowest BCUT2D eigenvalue weighted by atomic mass is 9.77. The molecule has 146 valence electrons. The first-order valence-corrected chi connectivity index (χ1v) is 11.3. The molecule has 2 heteroatoms. The average molecular weight is 375 g/mol. The number of hydrogen-bond acceptors (Lipinski definition) is 2. The van der Waals surface area contributed by atoms with Crippen molar-refractivity contribution in [1.29, 1.82) is 0 Å². The Hall–Kier alpha value is -0.760. The molecule has 0 aromatic heterocycles. The van der Waals surface area contributed by atoms with Gasteiger partial charge in [-0.25, -0.2) is 0 Å². The largest absolute Gasteiger partial charge is 0.299 e. The molecule has 0 bridgehead atoms. The van der Waals surface area contributed by atoms with E-state index in [1.807, 2.05) is 11.8 Å². The first kappa shape index (κ1) is 21.5. The SMILES string of the molecule is Cc1cc(C)c(S[C@H](CC(=O)C(C)(C)C)[C@H](C)C2CCCCC2)c(C)c1. The molecule has 1 saturated carbocycles. The van der Waals surface area contributed by atoms with Crippen LogP contribution in [0.15, 0.2) is 17.0 Å². The lowest BCUT2D eigenvalue weighted by Gasteiger charge is -2.34. The number of rotatable bonds is 6. The van der Waals surface area contributed by atoms with Crippen LogP contribution in [0, 0.1) is 38.0 Å². The summed E-state index contributed by atoms with van der Waals surface area (Å²) in [6.45, 7) is 15.2. The molecule has 0 unspecified atom stereocenters. The zero-order chi connectivity index (χ0) is 19.5. The minimum atomic E-state index is -0.248. The third-order valence-electron chi connectivity index (χ3n) is 6.08. The summed E-state index contributed by atoms with van der Waals surface area (Å²) in [5, 5.41) is 0.380. The molecule has 0 saturated heterocycles. The summed E-state index contributed by atoms with van der Waals surface area (Å²) in [7, 11) is 0. The van der Waals surface area contributed by atoms with Crippen LogP contribution in [0.5, 0.6) is 0 Å². The van der Waals surface area contributed by atoms with Gasteiger partial charge in [0, 0.05) is 22.0 Å². The molecular weight excluding hydrogens is 336 g/mol. The molecule has 0 spiro atoms. The van der Waals surface area contributed by atoms with E-state index in [2.05, 4.69) is 60.6 Å². The highest BCUT2D eigenvalue weighted by Crippen LogP contribution is 2.42. The lowest BCUT2D eigenvalue weighted by molar-refractivity contribution is -0.126. The monoisotopic (exact) mass is 374 g/mol. The van der Waals surface area contributed by atoms with Crippen molar-refractivity contribution in [2.75, 3.05) is 0 Å². The molecule has 0 N–H and O–H groups in total. The fraction of sp³-hybridized carbons (Fsp3) is 0.708. The van der Waals surface area contributed by atoms with Gasteiger partial charge in [-0.1, -0.05) is 77.5 Å². The Balaban J connectivity index is 2.26. The van der Waals surface area contributed by atoms with Crippen LogP contribution in [0.4, 0.5) is 0 Å². The normalized spacial score (nSPS) is 18.6. The fourth-order valence-corrected chi connectivity index (χ4v) is 5.76. The van der Waals surface area contributed by atoms with E-state index in [0.717, 1.165) is 5.92 Å². The summed E-state index contributed by atoms with van der Waals surface area (Å²) < 4.78 is 0. The zero-order valence-corrected chi connectivity index (χ0v) is 18.8. The van der Waals surface area contributed by atoms with Gasteiger partial charge in [0.15, 0.2) is 0 Å². The first-order valence-electron chi connectivity index (χ1n) is 10.4. The highest BCUT2D eigenvalue weighted by Gasteiger charge is 2.32. The predicted molar refractivity (Wildman–Crippen MR) is 115 cm³/mol. The maximum Gasteiger partial charge on any atom is 0.139 e. The van der Waals surface area contributed by atoms with Crippen LogP contribution >= 0.6 is 11.8 Å². The van der Waals surface area contributed by atoms with Crippen molar-refractivity contribution < 1.29 is 4.79 Å². The Morgan fingerprint density at radius 3 is 2.12 bits per heavy atom. The van der Waals surface area contributed by atoms with Crippen molar-refractivity contribution in [2.45, 2.75) is 97.1 Å². The van der Waals surface area contributed by atoms with Gasteiger partial charge >= 0.3 is 0 Å². The quantitative estimate of drug-likeness (QED) is 0.486. The molecule has 0 amide bonds. The van der Waals surface area contributed by atoms with E-state index in [-0.39, 0.29) is 5.41 Å². The Bertz CT molecular complexity index is 597. The highest BCUT2D eigenvalue weighted by molar-refractivity contribution is 8.00. The highest BCUT2D eigenvalue weighted by atomic mass is 32.2. The maximum absolute atomic E-state index is 12.9. The number of carbonyl (C=O) groups excluding carboxylic acids is 1. The second-order valence-corrected chi connectivity index (χ2v) is 10.8. The summed E-state index contributed by atoms with van der Waals surface area (Å²) in [5.74, 6) is 1.77. The Labute approximate surface area is 165 Å². The topological polar surface area (TPSA) is 17.1 Å². The molecule has 26 heavy (non-hydrogen) atoms. The Morgan fingerprint density at radius 2 is 1.62 bits per heavy atom. The lowest BCUT2D eigenvalue weighted by Crippen LogP contribution is -2.31. The van der Waals surface area contributed by atoms with Gasteiger partial charge in [-0.3, -0.25) is 4.79 Å². The number of hydrogen-bond donors (Lipinski definition) is 0. The van der Waals surface area contributed by atoms with Crippen LogP contribution in [0.25, 0.3) is 0 Å². The molecule has 1 aliphatic rings. The van der Waals surface area contributed by atoms with E-state index in [1.165, 1.54) is 53.7 Å². The van der Waals surface area contributed by atoms with Crippen LogP contribution in [0.2, 0.25) is 0 Å². The second kappa shape index (κ2) is 8.95. The smallest absolute Gasteiger partial charge is 0.139 e. The third kappa shape index (κ3) is 5.62. The third-order valence-corrected chi connectivity index (χ3v) is 7.86. The van der Waals surface area contributed by atoms with E-state index in [0.29, 0.717) is 23.4 Å². The number of ketones is 1. The summed E-state index contributed by atoms with van der Waals surface area (Å²) in [6.07, 6.45) is 7.49. The van der Waals surface area contributed by atoms with E-state index >= 15 is 0 Å². The van der Waals surface area contributed by atoms with Crippen molar-refractivity contribution in [3.63, 3.8) is 0 Å². The summed E-state index contributed by atoms with van der Waals surface area (Å²) in [5.41, 5.74) is 3.79. The standard InChI is InChI=1S/C24H38OS/c1-16-13-17(2)23(18(3)14-16)26-21(15-22(25)24(5,6)7)19(4)20-11-9-8-10-12-20/h13-14,19-21H,8-12,15H2,1-7H3/t19-,21-/m1/s1. The molecule has 0 aliphatic heterocycles. The first-order chi connectivity index (χ1) is 12.1. The minimum Gasteiger partial charge on any atom is -0.299 e. The van der Waals surface area contributed by atoms with Crippen molar-refractivity contribution in [1.82, 2.24) is 0 Å². The fourth-order valence-electron chi connectivity index (χ4n) is 4.29. The summed E-state index contributed by atoms with van der Waals surface area (Å²) in [6, 6.07) is 4.56. The molecule has 1 aromatic rings. The summed E-state index contributed by atoms with van der Waals surface area (Å²) in [4.78, 5) is 14.3. The zero-order valence-electron chi connectivity index (χ0n) is 17.9. The van der Waals surface area contributed by atoms with E-state index in [4.69, 9.17) is 0 Å². The molecule has 1 fully saturated rings. The minimum absolute atomic E-state index is 0.248. The van der Waals surface area contributed by atoms with E-state index < -0.39 is 0 Å². The average Bonchev–Trinajstić information content (AvgIpc) is 2.56. The van der Waals surface area contributed by atoms with Crippen LogP contribution < -0.4 is 0 Å². The maximum atomic E-state index is 12.9. The van der Waals surface area contributed by atoms with E-state index in [9.17, 15) is 4.79 Å². The second-order valence-electron chi connectivity index (χ2n) is 9.52. The molecule has 1 aromatic carbocycles. The van der Waals surface area contributed by atoms with Gasteiger partial charge in [0.1, 0.15) is 5.78 Å². The Kier molecular flexibility index (Phi) is 7.42. The number of benzene rings is 1. The van der Waals surface area contributed by atoms with Crippen LogP contribution in [0.1, 0.15) is 82.9 Å². The van der Waals surface area contributed by atoms with Gasteiger partial charge < -0.3 is 0 Å². The van der Waals surface area contributed by atoms with E-state index in [1.54, 1.807) is 0 Å². The van der Waals surface area contributed by atoms with Crippen molar-refractivity contribution in [3.8, 4) is 0 Å². The van der Waals surface area contributed by atoms with Crippen molar-refractivity contribution >= 4 is 17.5 Å². The molecule has 1 aliphatic carbocycles. The molecule has 2 rings (SSSR count). The van der Waals surface area contributed by atoms with Gasteiger partial charge in [0.25, 0.3) is 0 Å². The van der Waals surface area contributed by atoms with Gasteiger partial charge in [0.05, 0.1) is 0 Å². The van der Waals surface area contributed by atoms with Gasteiger partial charge in [-0.2, -0.15) is 0 Å². The molecule has 1 nitrogen and oxygen atoms in total. The van der Waals surface area contributed by atoms with Crippen molar-refractivity contribution in [3.05, 3.63) is 28.8 Å². The summed E-state index contributed by atoms with van der Waals surface area (Å²) >= 11 is 1.98.